The Labute approximate surface area is 117 Å². The molecule has 0 heterocycles. The van der Waals surface area contributed by atoms with Crippen molar-refractivity contribution < 1.29 is 19.0 Å². The highest BCUT2D eigenvalue weighted by Gasteiger charge is 2.17. The highest BCUT2D eigenvalue weighted by molar-refractivity contribution is 6.32. The first-order valence-corrected chi connectivity index (χ1v) is 5.91. The van der Waals surface area contributed by atoms with Crippen LogP contribution < -0.4 is 9.47 Å². The van der Waals surface area contributed by atoms with Gasteiger partial charge < -0.3 is 14.2 Å². The maximum atomic E-state index is 11.6. The molecule has 0 N–H and O–H groups in total. The van der Waals surface area contributed by atoms with Gasteiger partial charge in [-0.25, -0.2) is 4.79 Å². The van der Waals surface area contributed by atoms with Gasteiger partial charge in [0.1, 0.15) is 30.3 Å². The standard InChI is InChI=1S/C14H15ClO4/c1-4-6-18-12-9-13(19-7-5-2)11(15)8-10(12)14(16)17-3/h4-5,8-9H,1-2,6-7H2,3H3. The third-order valence-corrected chi connectivity index (χ3v) is 2.45. The van der Waals surface area contributed by atoms with E-state index in [1.165, 1.54) is 13.2 Å². The number of benzene rings is 1. The van der Waals surface area contributed by atoms with Crippen LogP contribution in [0.4, 0.5) is 0 Å². The maximum Gasteiger partial charge on any atom is 0.341 e. The molecule has 0 aliphatic rings. The Morgan fingerprint density at radius 3 is 2.32 bits per heavy atom. The molecule has 0 aliphatic heterocycles. The molecule has 1 aromatic rings. The van der Waals surface area contributed by atoms with Crippen LogP contribution in [0, 0.1) is 0 Å². The number of carbonyl (C=O) groups is 1. The second kappa shape index (κ2) is 7.48. The van der Waals surface area contributed by atoms with Crippen LogP contribution in [0.25, 0.3) is 0 Å². The first-order valence-electron chi connectivity index (χ1n) is 5.53. The molecule has 0 radical (unpaired) electrons. The third-order valence-electron chi connectivity index (χ3n) is 2.15. The number of ether oxygens (including phenoxy) is 3. The molecular weight excluding hydrogens is 268 g/mol. The first kappa shape index (κ1) is 15.1. The summed E-state index contributed by atoms with van der Waals surface area (Å²) < 4.78 is 15.4. The Kier molecular flexibility index (Phi) is 5.96. The zero-order valence-electron chi connectivity index (χ0n) is 10.6. The summed E-state index contributed by atoms with van der Waals surface area (Å²) in [4.78, 5) is 11.6. The van der Waals surface area contributed by atoms with E-state index in [9.17, 15) is 4.79 Å². The third kappa shape index (κ3) is 4.03. The average molecular weight is 283 g/mol. The zero-order valence-corrected chi connectivity index (χ0v) is 11.4. The monoisotopic (exact) mass is 282 g/mol. The van der Waals surface area contributed by atoms with Crippen molar-refractivity contribution in [3.8, 4) is 11.5 Å². The van der Waals surface area contributed by atoms with Crippen molar-refractivity contribution in [3.63, 3.8) is 0 Å². The van der Waals surface area contributed by atoms with Gasteiger partial charge in [-0.15, -0.1) is 0 Å². The number of carbonyl (C=O) groups excluding carboxylic acids is 1. The molecule has 4 nitrogen and oxygen atoms in total. The van der Waals surface area contributed by atoms with Gasteiger partial charge in [-0.3, -0.25) is 0 Å². The van der Waals surface area contributed by atoms with Crippen molar-refractivity contribution in [2.24, 2.45) is 0 Å². The largest absolute Gasteiger partial charge is 0.488 e. The van der Waals surface area contributed by atoms with E-state index in [2.05, 4.69) is 17.9 Å². The van der Waals surface area contributed by atoms with E-state index in [1.54, 1.807) is 18.2 Å². The Hall–Kier alpha value is -1.94. The number of methoxy groups -OCH3 is 1. The van der Waals surface area contributed by atoms with Crippen molar-refractivity contribution in [2.45, 2.75) is 0 Å². The molecule has 0 spiro atoms. The van der Waals surface area contributed by atoms with Gasteiger partial charge in [0.25, 0.3) is 0 Å². The molecule has 19 heavy (non-hydrogen) atoms. The van der Waals surface area contributed by atoms with Crippen LogP contribution in [0.2, 0.25) is 5.02 Å². The van der Waals surface area contributed by atoms with E-state index in [4.69, 9.17) is 21.1 Å². The van der Waals surface area contributed by atoms with Gasteiger partial charge in [0.05, 0.1) is 12.1 Å². The number of hydrogen-bond acceptors (Lipinski definition) is 4. The molecule has 102 valence electrons. The van der Waals surface area contributed by atoms with E-state index in [0.717, 1.165) is 0 Å². The van der Waals surface area contributed by atoms with Crippen molar-refractivity contribution in [2.75, 3.05) is 20.3 Å². The van der Waals surface area contributed by atoms with Crippen LogP contribution in [0.15, 0.2) is 37.4 Å². The quantitative estimate of drug-likeness (QED) is 0.569. The molecular formula is C14H15ClO4. The second-order valence-corrected chi connectivity index (χ2v) is 3.88. The summed E-state index contributed by atoms with van der Waals surface area (Å²) in [7, 11) is 1.29. The molecule has 1 rings (SSSR count). The molecule has 0 aromatic heterocycles. The van der Waals surface area contributed by atoms with Gasteiger partial charge in [-0.1, -0.05) is 36.9 Å². The lowest BCUT2D eigenvalue weighted by molar-refractivity contribution is 0.0596. The number of rotatable bonds is 7. The first-order chi connectivity index (χ1) is 9.13. The lowest BCUT2D eigenvalue weighted by Gasteiger charge is -2.13. The lowest BCUT2D eigenvalue weighted by atomic mass is 10.2. The highest BCUT2D eigenvalue weighted by atomic mass is 35.5. The average Bonchev–Trinajstić information content (AvgIpc) is 2.43. The molecule has 0 amide bonds. The Bertz CT molecular complexity index is 483. The molecule has 0 bridgehead atoms. The predicted molar refractivity (Wildman–Crippen MR) is 74.2 cm³/mol. The normalized spacial score (nSPS) is 9.58. The van der Waals surface area contributed by atoms with Crippen molar-refractivity contribution in [1.29, 1.82) is 0 Å². The van der Waals surface area contributed by atoms with E-state index >= 15 is 0 Å². The smallest absolute Gasteiger partial charge is 0.341 e. The highest BCUT2D eigenvalue weighted by Crippen LogP contribution is 2.33. The van der Waals surface area contributed by atoms with Crippen molar-refractivity contribution >= 4 is 17.6 Å². The van der Waals surface area contributed by atoms with Crippen LogP contribution in [0.5, 0.6) is 11.5 Å². The zero-order chi connectivity index (χ0) is 14.3. The number of esters is 1. The van der Waals surface area contributed by atoms with Gasteiger partial charge in [-0.05, 0) is 6.07 Å². The van der Waals surface area contributed by atoms with Crippen molar-refractivity contribution in [1.82, 2.24) is 0 Å². The Balaban J connectivity index is 3.15. The van der Waals surface area contributed by atoms with E-state index in [0.29, 0.717) is 23.1 Å². The fourth-order valence-electron chi connectivity index (χ4n) is 1.33. The predicted octanol–water partition coefficient (Wildman–Crippen LogP) is 3.26. The van der Waals surface area contributed by atoms with Gasteiger partial charge in [0, 0.05) is 6.07 Å². The fourth-order valence-corrected chi connectivity index (χ4v) is 1.55. The SMILES string of the molecule is C=CCOc1cc(OCC=C)c(C(=O)OC)cc1Cl. The van der Waals surface area contributed by atoms with Crippen molar-refractivity contribution in [3.05, 3.63) is 48.0 Å². The summed E-state index contributed by atoms with van der Waals surface area (Å²) >= 11 is 6.03. The van der Waals surface area contributed by atoms with Gasteiger partial charge in [-0.2, -0.15) is 0 Å². The maximum absolute atomic E-state index is 11.6. The minimum Gasteiger partial charge on any atom is -0.488 e. The van der Waals surface area contributed by atoms with E-state index < -0.39 is 5.97 Å². The summed E-state index contributed by atoms with van der Waals surface area (Å²) in [6.45, 7) is 7.66. The van der Waals surface area contributed by atoms with Crippen LogP contribution in [-0.2, 0) is 4.74 Å². The van der Waals surface area contributed by atoms with Crippen LogP contribution in [0.1, 0.15) is 10.4 Å². The van der Waals surface area contributed by atoms with Crippen LogP contribution >= 0.6 is 11.6 Å². The molecule has 0 fully saturated rings. The van der Waals surface area contributed by atoms with Gasteiger partial charge in [0.2, 0.25) is 0 Å². The molecule has 5 heteroatoms. The summed E-state index contributed by atoms with van der Waals surface area (Å²) in [6.07, 6.45) is 3.16. The Morgan fingerprint density at radius 1 is 1.21 bits per heavy atom. The Morgan fingerprint density at radius 2 is 1.79 bits per heavy atom. The second-order valence-electron chi connectivity index (χ2n) is 3.47. The number of hydrogen-bond donors (Lipinski definition) is 0. The van der Waals surface area contributed by atoms with E-state index in [-0.39, 0.29) is 12.2 Å². The molecule has 0 aliphatic carbocycles. The number of halogens is 1. The minimum absolute atomic E-state index is 0.236. The molecule has 1 aromatic carbocycles. The molecule has 0 atom stereocenters. The fraction of sp³-hybridized carbons (Fsp3) is 0.214. The molecule has 0 saturated heterocycles. The summed E-state index contributed by atoms with van der Waals surface area (Å²) in [5, 5.41) is 0.299. The summed E-state index contributed by atoms with van der Waals surface area (Å²) in [5.41, 5.74) is 0.236. The molecule has 0 unspecified atom stereocenters. The minimum atomic E-state index is -0.531. The molecule has 0 saturated carbocycles. The van der Waals surface area contributed by atoms with Crippen LogP contribution in [-0.4, -0.2) is 26.3 Å². The van der Waals surface area contributed by atoms with E-state index in [1.807, 2.05) is 0 Å². The summed E-state index contributed by atoms with van der Waals surface area (Å²) in [6, 6.07) is 2.99. The van der Waals surface area contributed by atoms with Gasteiger partial charge >= 0.3 is 5.97 Å². The van der Waals surface area contributed by atoms with Gasteiger partial charge in [0.15, 0.2) is 0 Å². The lowest BCUT2D eigenvalue weighted by Crippen LogP contribution is -2.07. The summed E-state index contributed by atoms with van der Waals surface area (Å²) in [5.74, 6) is 0.208. The van der Waals surface area contributed by atoms with Crippen LogP contribution in [0.3, 0.4) is 0 Å². The topological polar surface area (TPSA) is 44.8 Å².